The van der Waals surface area contributed by atoms with Gasteiger partial charge in [0.25, 0.3) is 11.8 Å². The van der Waals surface area contributed by atoms with Crippen molar-refractivity contribution in [1.82, 2.24) is 9.80 Å². The van der Waals surface area contributed by atoms with E-state index in [1.807, 2.05) is 19.1 Å². The van der Waals surface area contributed by atoms with Gasteiger partial charge in [0.05, 0.1) is 11.4 Å². The minimum absolute atomic E-state index is 0.0707. The molecule has 1 fully saturated rings. The molecule has 0 aromatic heterocycles. The second kappa shape index (κ2) is 8.87. The molecule has 2 amide bonds. The van der Waals surface area contributed by atoms with Crippen LogP contribution in [-0.2, 0) is 16.6 Å². The van der Waals surface area contributed by atoms with Crippen LogP contribution in [0.3, 0.4) is 0 Å². The van der Waals surface area contributed by atoms with Gasteiger partial charge in [-0.1, -0.05) is 18.2 Å². The summed E-state index contributed by atoms with van der Waals surface area (Å²) in [5, 5.41) is 0. The summed E-state index contributed by atoms with van der Waals surface area (Å²) in [6.45, 7) is 3.24. The summed E-state index contributed by atoms with van der Waals surface area (Å²) in [6.07, 6.45) is 0.591. The number of rotatable bonds is 6. The number of anilines is 1. The normalized spacial score (nSPS) is 15.1. The number of benzene rings is 2. The van der Waals surface area contributed by atoms with Gasteiger partial charge in [-0.2, -0.15) is 0 Å². The zero-order valence-electron chi connectivity index (χ0n) is 17.5. The van der Waals surface area contributed by atoms with Gasteiger partial charge in [0.1, 0.15) is 0 Å². The third-order valence-corrected chi connectivity index (χ3v) is 7.00. The van der Waals surface area contributed by atoms with Crippen LogP contribution in [0.15, 0.2) is 48.5 Å². The minimum atomic E-state index is -3.30. The van der Waals surface area contributed by atoms with Crippen LogP contribution in [0.25, 0.3) is 0 Å². The Kier molecular flexibility index (Phi) is 6.45. The Morgan fingerprint density at radius 3 is 2.27 bits per heavy atom. The van der Waals surface area contributed by atoms with E-state index in [0.717, 1.165) is 5.56 Å². The first kappa shape index (κ1) is 21.8. The van der Waals surface area contributed by atoms with Crippen molar-refractivity contribution in [2.24, 2.45) is 0 Å². The van der Waals surface area contributed by atoms with E-state index in [-0.39, 0.29) is 17.6 Å². The molecule has 1 heterocycles. The van der Waals surface area contributed by atoms with Crippen molar-refractivity contribution in [3.63, 3.8) is 0 Å². The molecule has 1 saturated heterocycles. The molecular weight excluding hydrogens is 402 g/mol. The molecule has 8 heteroatoms. The summed E-state index contributed by atoms with van der Waals surface area (Å²) >= 11 is 0. The van der Waals surface area contributed by atoms with Crippen LogP contribution in [0.1, 0.15) is 39.6 Å². The van der Waals surface area contributed by atoms with Crippen molar-refractivity contribution in [2.75, 3.05) is 37.2 Å². The van der Waals surface area contributed by atoms with Crippen LogP contribution in [0.5, 0.6) is 0 Å². The van der Waals surface area contributed by atoms with Gasteiger partial charge in [-0.05, 0) is 49.2 Å². The first-order valence-corrected chi connectivity index (χ1v) is 11.5. The van der Waals surface area contributed by atoms with E-state index in [0.29, 0.717) is 42.9 Å². The highest BCUT2D eigenvalue weighted by Gasteiger charge is 2.29. The Morgan fingerprint density at radius 2 is 1.70 bits per heavy atom. The van der Waals surface area contributed by atoms with E-state index in [2.05, 4.69) is 0 Å². The lowest BCUT2D eigenvalue weighted by Crippen LogP contribution is -2.31. The molecule has 0 radical (unpaired) electrons. The highest BCUT2D eigenvalue weighted by Crippen LogP contribution is 2.25. The lowest BCUT2D eigenvalue weighted by molar-refractivity contribution is 0.0751. The summed E-state index contributed by atoms with van der Waals surface area (Å²) in [7, 11) is 0.110. The summed E-state index contributed by atoms with van der Waals surface area (Å²) in [6, 6.07) is 14.0. The summed E-state index contributed by atoms with van der Waals surface area (Å²) in [5.41, 5.74) is 2.49. The van der Waals surface area contributed by atoms with E-state index >= 15 is 0 Å². The Hall–Kier alpha value is -2.87. The number of carbonyl (C=O) groups excluding carboxylic acids is 2. The smallest absolute Gasteiger partial charge is 0.254 e. The Morgan fingerprint density at radius 1 is 1.00 bits per heavy atom. The first-order chi connectivity index (χ1) is 14.2. The van der Waals surface area contributed by atoms with Crippen molar-refractivity contribution in [2.45, 2.75) is 19.9 Å². The van der Waals surface area contributed by atoms with Crippen molar-refractivity contribution in [3.8, 4) is 0 Å². The standard InChI is InChI=1S/C22H27N3O4S/c1-4-24(16-17-9-11-18(12-10-17)21(26)23(2)3)22(27)19-7-5-8-20(15-19)25-13-6-14-30(25,28)29/h5,7-12,15H,4,6,13-14,16H2,1-3H3. The van der Waals surface area contributed by atoms with Gasteiger partial charge in [-0.3, -0.25) is 13.9 Å². The molecular formula is C22H27N3O4S. The predicted octanol–water partition coefficient (Wildman–Crippen LogP) is 2.59. The zero-order valence-corrected chi connectivity index (χ0v) is 18.4. The number of hydrogen-bond donors (Lipinski definition) is 0. The molecule has 0 unspecified atom stereocenters. The Bertz CT molecular complexity index is 1030. The lowest BCUT2D eigenvalue weighted by atomic mass is 10.1. The molecule has 7 nitrogen and oxygen atoms in total. The summed E-state index contributed by atoms with van der Waals surface area (Å²) in [4.78, 5) is 28.3. The van der Waals surface area contributed by atoms with Gasteiger partial charge >= 0.3 is 0 Å². The highest BCUT2D eigenvalue weighted by atomic mass is 32.2. The lowest BCUT2D eigenvalue weighted by Gasteiger charge is -2.23. The quantitative estimate of drug-likeness (QED) is 0.707. The van der Waals surface area contributed by atoms with Crippen LogP contribution in [0.2, 0.25) is 0 Å². The fourth-order valence-electron chi connectivity index (χ4n) is 3.46. The highest BCUT2D eigenvalue weighted by molar-refractivity contribution is 7.93. The van der Waals surface area contributed by atoms with Gasteiger partial charge in [0.15, 0.2) is 0 Å². The number of hydrogen-bond acceptors (Lipinski definition) is 4. The summed E-state index contributed by atoms with van der Waals surface area (Å²) in [5.74, 6) is -0.0958. The molecule has 2 aromatic rings. The molecule has 160 valence electrons. The topological polar surface area (TPSA) is 78.0 Å². The largest absolute Gasteiger partial charge is 0.345 e. The van der Waals surface area contributed by atoms with E-state index in [9.17, 15) is 18.0 Å². The summed E-state index contributed by atoms with van der Waals surface area (Å²) < 4.78 is 25.8. The molecule has 0 N–H and O–H groups in total. The molecule has 0 saturated carbocycles. The third-order valence-electron chi connectivity index (χ3n) is 5.13. The monoisotopic (exact) mass is 429 g/mol. The van der Waals surface area contributed by atoms with Gasteiger partial charge in [0, 0.05) is 44.9 Å². The first-order valence-electron chi connectivity index (χ1n) is 9.93. The van der Waals surface area contributed by atoms with Crippen LogP contribution in [-0.4, -0.2) is 63.0 Å². The fraction of sp³-hybridized carbons (Fsp3) is 0.364. The van der Waals surface area contributed by atoms with Crippen LogP contribution >= 0.6 is 0 Å². The maximum atomic E-state index is 13.1. The van der Waals surface area contributed by atoms with E-state index in [1.54, 1.807) is 55.4 Å². The second-order valence-corrected chi connectivity index (χ2v) is 9.52. The average Bonchev–Trinajstić information content (AvgIpc) is 3.10. The second-order valence-electron chi connectivity index (χ2n) is 7.51. The predicted molar refractivity (Wildman–Crippen MR) is 117 cm³/mol. The SMILES string of the molecule is CCN(Cc1ccc(C(=O)N(C)C)cc1)C(=O)c1cccc(N2CCCS2(=O)=O)c1. The van der Waals surface area contributed by atoms with Crippen LogP contribution < -0.4 is 4.31 Å². The number of amides is 2. The van der Waals surface area contributed by atoms with E-state index < -0.39 is 10.0 Å². The van der Waals surface area contributed by atoms with Crippen molar-refractivity contribution >= 4 is 27.5 Å². The average molecular weight is 430 g/mol. The number of carbonyl (C=O) groups is 2. The van der Waals surface area contributed by atoms with Gasteiger partial charge in [-0.15, -0.1) is 0 Å². The van der Waals surface area contributed by atoms with Crippen molar-refractivity contribution < 1.29 is 18.0 Å². The van der Waals surface area contributed by atoms with Crippen molar-refractivity contribution in [3.05, 3.63) is 65.2 Å². The van der Waals surface area contributed by atoms with Crippen LogP contribution in [0.4, 0.5) is 5.69 Å². The molecule has 2 aromatic carbocycles. The maximum absolute atomic E-state index is 13.1. The Balaban J connectivity index is 1.77. The fourth-order valence-corrected chi connectivity index (χ4v) is 5.02. The molecule has 0 bridgehead atoms. The molecule has 1 aliphatic heterocycles. The van der Waals surface area contributed by atoms with Crippen LogP contribution in [0, 0.1) is 0 Å². The minimum Gasteiger partial charge on any atom is -0.345 e. The van der Waals surface area contributed by atoms with Gasteiger partial charge < -0.3 is 9.80 Å². The molecule has 30 heavy (non-hydrogen) atoms. The maximum Gasteiger partial charge on any atom is 0.254 e. The van der Waals surface area contributed by atoms with Crippen molar-refractivity contribution in [1.29, 1.82) is 0 Å². The molecule has 1 aliphatic rings. The third kappa shape index (κ3) is 4.64. The van der Waals surface area contributed by atoms with E-state index in [1.165, 1.54) is 9.21 Å². The molecule has 0 spiro atoms. The van der Waals surface area contributed by atoms with E-state index in [4.69, 9.17) is 0 Å². The van der Waals surface area contributed by atoms with Gasteiger partial charge in [0.2, 0.25) is 10.0 Å². The zero-order chi connectivity index (χ0) is 21.9. The molecule has 0 atom stereocenters. The molecule has 3 rings (SSSR count). The van der Waals surface area contributed by atoms with Gasteiger partial charge in [-0.25, -0.2) is 8.42 Å². The molecule has 0 aliphatic carbocycles. The Labute approximate surface area is 177 Å². The number of sulfonamides is 1. The number of nitrogens with zero attached hydrogens (tertiary/aromatic N) is 3.